The van der Waals surface area contributed by atoms with E-state index in [0.29, 0.717) is 23.8 Å². The average Bonchev–Trinajstić information content (AvgIpc) is 2.82. The van der Waals surface area contributed by atoms with E-state index in [0.717, 1.165) is 26.1 Å². The van der Waals surface area contributed by atoms with Gasteiger partial charge in [-0.25, -0.2) is 0 Å². The molecule has 2 aliphatic rings. The Morgan fingerprint density at radius 1 is 1.46 bits per heavy atom. The van der Waals surface area contributed by atoms with Crippen molar-refractivity contribution in [1.82, 2.24) is 10.2 Å². The molecule has 1 amide bonds. The highest BCUT2D eigenvalue weighted by Gasteiger charge is 2.42. The van der Waals surface area contributed by atoms with Gasteiger partial charge in [0.15, 0.2) is 0 Å². The van der Waals surface area contributed by atoms with Crippen molar-refractivity contribution in [3.05, 3.63) is 0 Å². The molecule has 0 aromatic heterocycles. The van der Waals surface area contributed by atoms with Gasteiger partial charge in [-0.05, 0) is 19.3 Å². The minimum atomic E-state index is 0.348. The predicted molar refractivity (Wildman–Crippen MR) is 51.3 cm³/mol. The zero-order valence-electron chi connectivity index (χ0n) is 8.42. The van der Waals surface area contributed by atoms with Crippen LogP contribution >= 0.6 is 0 Å². The lowest BCUT2D eigenvalue weighted by atomic mass is 10.2. The van der Waals surface area contributed by atoms with Gasteiger partial charge in [-0.2, -0.15) is 0 Å². The highest BCUT2D eigenvalue weighted by atomic mass is 16.2. The fourth-order valence-corrected chi connectivity index (χ4v) is 2.05. The first-order valence-corrected chi connectivity index (χ1v) is 5.21. The average molecular weight is 182 g/mol. The van der Waals surface area contributed by atoms with E-state index in [9.17, 15) is 4.79 Å². The lowest BCUT2D eigenvalue weighted by Crippen LogP contribution is -2.52. The summed E-state index contributed by atoms with van der Waals surface area (Å²) in [4.78, 5) is 13.9. The maximum absolute atomic E-state index is 11.9. The molecule has 3 heteroatoms. The summed E-state index contributed by atoms with van der Waals surface area (Å²) < 4.78 is 0. The first-order valence-electron chi connectivity index (χ1n) is 5.21. The molecule has 13 heavy (non-hydrogen) atoms. The van der Waals surface area contributed by atoms with Crippen molar-refractivity contribution in [3.63, 3.8) is 0 Å². The molecule has 1 saturated heterocycles. The van der Waals surface area contributed by atoms with Crippen LogP contribution in [0, 0.1) is 11.8 Å². The van der Waals surface area contributed by atoms with Gasteiger partial charge >= 0.3 is 0 Å². The van der Waals surface area contributed by atoms with Gasteiger partial charge in [-0.15, -0.1) is 0 Å². The highest BCUT2D eigenvalue weighted by molar-refractivity contribution is 5.82. The van der Waals surface area contributed by atoms with Gasteiger partial charge in [0.05, 0.1) is 0 Å². The molecule has 1 N–H and O–H groups in total. The second-order valence-electron chi connectivity index (χ2n) is 4.40. The molecule has 1 saturated carbocycles. The SMILES string of the molecule is CC1CNCCN1C(=O)[C@@H]1C[C@H]1C. The maximum Gasteiger partial charge on any atom is 0.226 e. The molecular formula is C10H18N2O. The lowest BCUT2D eigenvalue weighted by molar-refractivity contribution is -0.135. The Labute approximate surface area is 79.5 Å². The van der Waals surface area contributed by atoms with Crippen LogP contribution in [0.25, 0.3) is 0 Å². The summed E-state index contributed by atoms with van der Waals surface area (Å²) in [5, 5.41) is 3.30. The van der Waals surface area contributed by atoms with Crippen LogP contribution in [-0.2, 0) is 4.79 Å². The molecule has 1 aliphatic heterocycles. The molecule has 3 nitrogen and oxygen atoms in total. The van der Waals surface area contributed by atoms with E-state index in [1.807, 2.05) is 4.90 Å². The van der Waals surface area contributed by atoms with E-state index in [4.69, 9.17) is 0 Å². The largest absolute Gasteiger partial charge is 0.337 e. The fraction of sp³-hybridized carbons (Fsp3) is 0.900. The number of hydrogen-bond acceptors (Lipinski definition) is 2. The van der Waals surface area contributed by atoms with Crippen molar-refractivity contribution in [2.45, 2.75) is 26.3 Å². The third kappa shape index (κ3) is 1.70. The molecule has 74 valence electrons. The molecule has 0 aromatic rings. The first kappa shape index (κ1) is 9.00. The Morgan fingerprint density at radius 3 is 2.69 bits per heavy atom. The van der Waals surface area contributed by atoms with Crippen molar-refractivity contribution in [1.29, 1.82) is 0 Å². The topological polar surface area (TPSA) is 32.3 Å². The van der Waals surface area contributed by atoms with E-state index in [2.05, 4.69) is 19.2 Å². The van der Waals surface area contributed by atoms with Crippen LogP contribution in [0.1, 0.15) is 20.3 Å². The van der Waals surface area contributed by atoms with Gasteiger partial charge in [-0.3, -0.25) is 4.79 Å². The van der Waals surface area contributed by atoms with Crippen molar-refractivity contribution in [3.8, 4) is 0 Å². The maximum atomic E-state index is 11.9. The zero-order chi connectivity index (χ0) is 9.42. The third-order valence-electron chi connectivity index (χ3n) is 3.21. The molecule has 0 radical (unpaired) electrons. The number of nitrogens with zero attached hydrogens (tertiary/aromatic N) is 1. The fourth-order valence-electron chi connectivity index (χ4n) is 2.05. The molecule has 0 bridgehead atoms. The van der Waals surface area contributed by atoms with Gasteiger partial charge < -0.3 is 10.2 Å². The van der Waals surface area contributed by atoms with Crippen molar-refractivity contribution in [2.75, 3.05) is 19.6 Å². The molecule has 1 heterocycles. The van der Waals surface area contributed by atoms with E-state index < -0.39 is 0 Å². The van der Waals surface area contributed by atoms with Gasteiger partial charge in [0.2, 0.25) is 5.91 Å². The summed E-state index contributed by atoms with van der Waals surface area (Å²) in [5.74, 6) is 1.37. The summed E-state index contributed by atoms with van der Waals surface area (Å²) in [7, 11) is 0. The monoisotopic (exact) mass is 182 g/mol. The van der Waals surface area contributed by atoms with Crippen molar-refractivity contribution in [2.24, 2.45) is 11.8 Å². The van der Waals surface area contributed by atoms with Gasteiger partial charge in [0.1, 0.15) is 0 Å². The van der Waals surface area contributed by atoms with E-state index in [1.165, 1.54) is 0 Å². The van der Waals surface area contributed by atoms with E-state index >= 15 is 0 Å². The Hall–Kier alpha value is -0.570. The van der Waals surface area contributed by atoms with Crippen LogP contribution in [0.4, 0.5) is 0 Å². The number of hydrogen-bond donors (Lipinski definition) is 1. The summed E-state index contributed by atoms with van der Waals surface area (Å²) in [6.07, 6.45) is 1.11. The van der Waals surface area contributed by atoms with Gasteiger partial charge in [0.25, 0.3) is 0 Å². The summed E-state index contributed by atoms with van der Waals surface area (Å²) in [6, 6.07) is 0.383. The standard InChI is InChI=1S/C10H18N2O/c1-7-5-9(7)10(13)12-4-3-11-6-8(12)2/h7-9,11H,3-6H2,1-2H3/t7-,8?,9-/m1/s1. The molecule has 1 aliphatic carbocycles. The zero-order valence-corrected chi connectivity index (χ0v) is 8.42. The summed E-state index contributed by atoms with van der Waals surface area (Å²) >= 11 is 0. The molecule has 1 unspecified atom stereocenters. The second-order valence-corrected chi connectivity index (χ2v) is 4.40. The highest BCUT2D eigenvalue weighted by Crippen LogP contribution is 2.39. The molecule has 3 atom stereocenters. The van der Waals surface area contributed by atoms with Crippen LogP contribution in [-0.4, -0.2) is 36.5 Å². The molecule has 2 rings (SSSR count). The Morgan fingerprint density at radius 2 is 2.15 bits per heavy atom. The number of piperazine rings is 1. The number of rotatable bonds is 1. The van der Waals surface area contributed by atoms with Crippen molar-refractivity contribution < 1.29 is 4.79 Å². The summed E-state index contributed by atoms with van der Waals surface area (Å²) in [5.41, 5.74) is 0. The van der Waals surface area contributed by atoms with E-state index in [-0.39, 0.29) is 0 Å². The molecule has 0 aromatic carbocycles. The predicted octanol–water partition coefficient (Wildman–Crippen LogP) is 0.463. The number of amides is 1. The molecule has 2 fully saturated rings. The molecule has 0 spiro atoms. The van der Waals surface area contributed by atoms with Crippen LogP contribution in [0.3, 0.4) is 0 Å². The van der Waals surface area contributed by atoms with Crippen molar-refractivity contribution >= 4 is 5.91 Å². The minimum Gasteiger partial charge on any atom is -0.337 e. The minimum absolute atomic E-state index is 0.348. The van der Waals surface area contributed by atoms with Crippen LogP contribution in [0.2, 0.25) is 0 Å². The molecular weight excluding hydrogens is 164 g/mol. The smallest absolute Gasteiger partial charge is 0.226 e. The Kier molecular flexibility index (Phi) is 2.28. The van der Waals surface area contributed by atoms with Crippen LogP contribution < -0.4 is 5.32 Å². The van der Waals surface area contributed by atoms with Crippen LogP contribution in [0.5, 0.6) is 0 Å². The number of carbonyl (C=O) groups is 1. The van der Waals surface area contributed by atoms with Crippen LogP contribution in [0.15, 0.2) is 0 Å². The lowest BCUT2D eigenvalue weighted by Gasteiger charge is -2.34. The Balaban J connectivity index is 1.94. The van der Waals surface area contributed by atoms with E-state index in [1.54, 1.807) is 0 Å². The quantitative estimate of drug-likeness (QED) is 0.639. The second kappa shape index (κ2) is 3.29. The normalized spacial score (nSPS) is 38.9. The first-order chi connectivity index (χ1) is 6.20. The number of nitrogens with one attached hydrogen (secondary N) is 1. The van der Waals surface area contributed by atoms with Gasteiger partial charge in [-0.1, -0.05) is 6.92 Å². The third-order valence-corrected chi connectivity index (χ3v) is 3.21. The number of carbonyl (C=O) groups excluding carboxylic acids is 1. The summed E-state index contributed by atoms with van der Waals surface area (Å²) in [6.45, 7) is 7.08. The Bertz CT molecular complexity index is 217. The van der Waals surface area contributed by atoms with Gasteiger partial charge in [0, 0.05) is 31.6 Å².